The van der Waals surface area contributed by atoms with E-state index in [2.05, 4.69) is 10.3 Å². The summed E-state index contributed by atoms with van der Waals surface area (Å²) in [7, 11) is 0. The molecule has 19 heavy (non-hydrogen) atoms. The fourth-order valence-corrected chi connectivity index (χ4v) is 1.91. The normalized spacial score (nSPS) is 10.6. The van der Waals surface area contributed by atoms with Crippen molar-refractivity contribution in [2.75, 3.05) is 5.32 Å². The van der Waals surface area contributed by atoms with Crippen molar-refractivity contribution in [3.05, 3.63) is 60.0 Å². The van der Waals surface area contributed by atoms with Crippen molar-refractivity contribution < 1.29 is 9.21 Å². The third kappa shape index (κ3) is 2.20. The van der Waals surface area contributed by atoms with Crippen molar-refractivity contribution >= 4 is 22.7 Å². The number of rotatable bonds is 2. The van der Waals surface area contributed by atoms with Crippen LogP contribution in [0.25, 0.3) is 11.1 Å². The Labute approximate surface area is 110 Å². The molecule has 0 bridgehead atoms. The molecule has 0 atom stereocenters. The van der Waals surface area contributed by atoms with Gasteiger partial charge in [-0.15, -0.1) is 0 Å². The van der Waals surface area contributed by atoms with Gasteiger partial charge >= 0.3 is 0 Å². The van der Waals surface area contributed by atoms with E-state index in [1.165, 1.54) is 6.39 Å². The summed E-state index contributed by atoms with van der Waals surface area (Å²) < 4.78 is 5.15. The van der Waals surface area contributed by atoms with Gasteiger partial charge < -0.3 is 9.73 Å². The van der Waals surface area contributed by atoms with E-state index in [-0.39, 0.29) is 5.91 Å². The third-order valence-corrected chi connectivity index (χ3v) is 2.99. The van der Waals surface area contributed by atoms with Gasteiger partial charge in [0.15, 0.2) is 12.0 Å². The number of aryl methyl sites for hydroxylation is 1. The topological polar surface area (TPSA) is 55.1 Å². The molecular formula is C15H12N2O2. The van der Waals surface area contributed by atoms with Crippen LogP contribution in [0.1, 0.15) is 15.9 Å². The number of para-hydroxylation sites is 1. The van der Waals surface area contributed by atoms with Crippen LogP contribution in [0.3, 0.4) is 0 Å². The summed E-state index contributed by atoms with van der Waals surface area (Å²) >= 11 is 0. The Hall–Kier alpha value is -2.62. The van der Waals surface area contributed by atoms with Crippen LogP contribution >= 0.6 is 0 Å². The first-order chi connectivity index (χ1) is 9.24. The van der Waals surface area contributed by atoms with Crippen LogP contribution in [-0.2, 0) is 0 Å². The molecule has 1 heterocycles. The second-order valence-corrected chi connectivity index (χ2v) is 4.30. The number of nitrogens with zero attached hydrogens (tertiary/aromatic N) is 1. The Morgan fingerprint density at radius 1 is 1.21 bits per heavy atom. The smallest absolute Gasteiger partial charge is 0.255 e. The first-order valence-electron chi connectivity index (χ1n) is 5.94. The fraction of sp³-hybridized carbons (Fsp3) is 0.0667. The summed E-state index contributed by atoms with van der Waals surface area (Å²) in [6.45, 7) is 1.95. The number of oxazole rings is 1. The van der Waals surface area contributed by atoms with Gasteiger partial charge in [-0.2, -0.15) is 0 Å². The molecule has 0 radical (unpaired) electrons. The molecule has 0 saturated carbocycles. The lowest BCUT2D eigenvalue weighted by atomic mass is 10.1. The summed E-state index contributed by atoms with van der Waals surface area (Å²) in [5.41, 5.74) is 3.75. The highest BCUT2D eigenvalue weighted by Crippen LogP contribution is 2.17. The minimum atomic E-state index is -0.154. The molecule has 3 aromatic rings. The van der Waals surface area contributed by atoms with Crippen LogP contribution in [0.5, 0.6) is 0 Å². The SMILES string of the molecule is Cc1ccccc1NC(=O)c1ccc2ocnc2c1. The first-order valence-corrected chi connectivity index (χ1v) is 5.94. The van der Waals surface area contributed by atoms with Crippen molar-refractivity contribution in [2.24, 2.45) is 0 Å². The summed E-state index contributed by atoms with van der Waals surface area (Å²) in [5.74, 6) is -0.154. The monoisotopic (exact) mass is 252 g/mol. The number of hydrogen-bond acceptors (Lipinski definition) is 3. The number of benzene rings is 2. The molecule has 1 N–H and O–H groups in total. The summed E-state index contributed by atoms with van der Waals surface area (Å²) in [6, 6.07) is 12.8. The number of amides is 1. The van der Waals surface area contributed by atoms with Gasteiger partial charge in [0.1, 0.15) is 5.52 Å². The Kier molecular flexibility index (Phi) is 2.76. The van der Waals surface area contributed by atoms with Gasteiger partial charge in [0.05, 0.1) is 0 Å². The van der Waals surface area contributed by atoms with Crippen LogP contribution < -0.4 is 5.32 Å². The number of carbonyl (C=O) groups excluding carboxylic acids is 1. The maximum Gasteiger partial charge on any atom is 0.255 e. The van der Waals surface area contributed by atoms with Crippen LogP contribution in [0.4, 0.5) is 5.69 Å². The van der Waals surface area contributed by atoms with E-state index in [9.17, 15) is 4.79 Å². The predicted octanol–water partition coefficient (Wildman–Crippen LogP) is 3.39. The van der Waals surface area contributed by atoms with Crippen molar-refractivity contribution in [1.29, 1.82) is 0 Å². The zero-order chi connectivity index (χ0) is 13.2. The average Bonchev–Trinajstić information content (AvgIpc) is 2.88. The highest BCUT2D eigenvalue weighted by Gasteiger charge is 2.09. The molecule has 0 aliphatic rings. The number of nitrogens with one attached hydrogen (secondary N) is 1. The second-order valence-electron chi connectivity index (χ2n) is 4.30. The second kappa shape index (κ2) is 4.57. The molecule has 0 aliphatic heterocycles. The Morgan fingerprint density at radius 2 is 2.05 bits per heavy atom. The third-order valence-electron chi connectivity index (χ3n) is 2.99. The Morgan fingerprint density at radius 3 is 2.89 bits per heavy atom. The zero-order valence-corrected chi connectivity index (χ0v) is 10.4. The van der Waals surface area contributed by atoms with Gasteiger partial charge in [-0.25, -0.2) is 4.98 Å². The highest BCUT2D eigenvalue weighted by molar-refractivity contribution is 6.06. The van der Waals surface area contributed by atoms with E-state index in [4.69, 9.17) is 4.42 Å². The molecule has 2 aromatic carbocycles. The van der Waals surface area contributed by atoms with E-state index in [1.807, 2.05) is 31.2 Å². The molecule has 0 spiro atoms. The zero-order valence-electron chi connectivity index (χ0n) is 10.4. The molecule has 94 valence electrons. The lowest BCUT2D eigenvalue weighted by Gasteiger charge is -2.07. The average molecular weight is 252 g/mol. The summed E-state index contributed by atoms with van der Waals surface area (Å²) in [6.07, 6.45) is 1.37. The van der Waals surface area contributed by atoms with Gasteiger partial charge in [0.25, 0.3) is 5.91 Å². The maximum absolute atomic E-state index is 12.2. The van der Waals surface area contributed by atoms with Crippen molar-refractivity contribution in [2.45, 2.75) is 6.92 Å². The minimum absolute atomic E-state index is 0.154. The van der Waals surface area contributed by atoms with Gasteiger partial charge in [0, 0.05) is 11.3 Å². The van der Waals surface area contributed by atoms with Crippen LogP contribution in [0, 0.1) is 6.92 Å². The molecule has 1 aromatic heterocycles. The molecule has 0 fully saturated rings. The predicted molar refractivity (Wildman–Crippen MR) is 73.1 cm³/mol. The minimum Gasteiger partial charge on any atom is -0.443 e. The Bertz CT molecular complexity index is 746. The molecule has 0 aliphatic carbocycles. The van der Waals surface area contributed by atoms with Crippen LogP contribution in [-0.4, -0.2) is 10.9 Å². The van der Waals surface area contributed by atoms with Gasteiger partial charge in [-0.3, -0.25) is 4.79 Å². The van der Waals surface area contributed by atoms with E-state index in [0.717, 1.165) is 11.3 Å². The standard InChI is InChI=1S/C15H12N2O2/c1-10-4-2-3-5-12(10)17-15(18)11-6-7-14-13(8-11)16-9-19-14/h2-9H,1H3,(H,17,18). The van der Waals surface area contributed by atoms with Gasteiger partial charge in [-0.05, 0) is 36.8 Å². The van der Waals surface area contributed by atoms with Crippen LogP contribution in [0.2, 0.25) is 0 Å². The molecule has 1 amide bonds. The Balaban J connectivity index is 1.89. The van der Waals surface area contributed by atoms with Crippen molar-refractivity contribution in [3.63, 3.8) is 0 Å². The van der Waals surface area contributed by atoms with E-state index in [1.54, 1.807) is 18.2 Å². The lowest BCUT2D eigenvalue weighted by Crippen LogP contribution is -2.12. The van der Waals surface area contributed by atoms with Crippen molar-refractivity contribution in [1.82, 2.24) is 4.98 Å². The fourth-order valence-electron chi connectivity index (χ4n) is 1.91. The quantitative estimate of drug-likeness (QED) is 0.760. The lowest BCUT2D eigenvalue weighted by molar-refractivity contribution is 0.102. The highest BCUT2D eigenvalue weighted by atomic mass is 16.3. The molecule has 0 saturated heterocycles. The van der Waals surface area contributed by atoms with Gasteiger partial charge in [0.2, 0.25) is 0 Å². The van der Waals surface area contributed by atoms with E-state index in [0.29, 0.717) is 16.7 Å². The summed E-state index contributed by atoms with van der Waals surface area (Å²) in [4.78, 5) is 16.2. The maximum atomic E-state index is 12.2. The number of fused-ring (bicyclic) bond motifs is 1. The largest absolute Gasteiger partial charge is 0.443 e. The van der Waals surface area contributed by atoms with E-state index >= 15 is 0 Å². The molecule has 4 heteroatoms. The number of hydrogen-bond donors (Lipinski definition) is 1. The van der Waals surface area contributed by atoms with Gasteiger partial charge in [-0.1, -0.05) is 18.2 Å². The molecule has 0 unspecified atom stereocenters. The number of aromatic nitrogens is 1. The first kappa shape index (κ1) is 11.5. The van der Waals surface area contributed by atoms with Crippen LogP contribution in [0.15, 0.2) is 53.3 Å². The molecule has 4 nitrogen and oxygen atoms in total. The summed E-state index contributed by atoms with van der Waals surface area (Å²) in [5, 5.41) is 2.89. The number of anilines is 1. The molecule has 3 rings (SSSR count). The van der Waals surface area contributed by atoms with E-state index < -0.39 is 0 Å². The van der Waals surface area contributed by atoms with Crippen molar-refractivity contribution in [3.8, 4) is 0 Å². The molecular weight excluding hydrogens is 240 g/mol. The number of carbonyl (C=O) groups is 1.